The minimum atomic E-state index is 0. The van der Waals surface area contributed by atoms with Gasteiger partial charge in [-0.15, -0.1) is 0 Å². The zero-order valence-corrected chi connectivity index (χ0v) is 19.7. The summed E-state index contributed by atoms with van der Waals surface area (Å²) in [6.45, 7) is 9.18. The van der Waals surface area contributed by atoms with Gasteiger partial charge in [0.05, 0.1) is 0 Å². The molecule has 4 rings (SSSR count). The van der Waals surface area contributed by atoms with Gasteiger partial charge < -0.3 is 75.0 Å². The van der Waals surface area contributed by atoms with Crippen LogP contribution in [0.4, 0.5) is 0 Å². The van der Waals surface area contributed by atoms with Crippen molar-refractivity contribution in [3.8, 4) is 0 Å². The zero-order valence-electron chi connectivity index (χ0n) is 16.8. The first-order valence-electron chi connectivity index (χ1n) is 10.1. The molecule has 0 unspecified atom stereocenters. The van der Waals surface area contributed by atoms with Crippen molar-refractivity contribution in [1.29, 1.82) is 0 Å². The van der Waals surface area contributed by atoms with Crippen LogP contribution in [0.1, 0.15) is 66.2 Å². The van der Waals surface area contributed by atoms with E-state index in [1.165, 1.54) is 49.1 Å². The molecule has 2 fully saturated rings. The van der Waals surface area contributed by atoms with Crippen LogP contribution in [0.15, 0.2) is 0 Å². The average Bonchev–Trinajstić information content (AvgIpc) is 3.30. The Kier molecular flexibility index (Phi) is 9.79. The monoisotopic (exact) mass is 434 g/mol. The molecule has 0 spiro atoms. The van der Waals surface area contributed by atoms with Crippen LogP contribution in [-0.2, 0) is 17.1 Å². The molecular weight excluding hydrogens is 406 g/mol. The van der Waals surface area contributed by atoms with Crippen molar-refractivity contribution in [3.05, 3.63) is 48.5 Å². The van der Waals surface area contributed by atoms with Crippen LogP contribution in [0.25, 0.3) is 0 Å². The molecule has 2 aliphatic rings. The van der Waals surface area contributed by atoms with Gasteiger partial charge in [0, 0.05) is 0 Å². The first kappa shape index (κ1) is 23.4. The second-order valence-electron chi connectivity index (χ2n) is 7.23. The molecule has 0 nitrogen and oxygen atoms in total. The second kappa shape index (κ2) is 11.3. The van der Waals surface area contributed by atoms with Gasteiger partial charge in [-0.3, -0.25) is 0 Å². The van der Waals surface area contributed by atoms with Crippen molar-refractivity contribution >= 4 is 26.5 Å². The largest absolute Gasteiger partial charge is 2.00 e. The topological polar surface area (TPSA) is 0 Å². The first-order valence-corrected chi connectivity index (χ1v) is 13.0. The normalized spacial score (nSPS) is 27.7. The van der Waals surface area contributed by atoms with E-state index < -0.39 is 0 Å². The Morgan fingerprint density at radius 2 is 0.852 bits per heavy atom. The van der Waals surface area contributed by atoms with E-state index in [4.69, 9.17) is 0 Å². The van der Waals surface area contributed by atoms with Crippen molar-refractivity contribution in [1.82, 2.24) is 0 Å². The molecule has 2 saturated heterocycles. The summed E-state index contributed by atoms with van der Waals surface area (Å²) in [6, 6.07) is 24.2. The molecule has 0 saturated carbocycles. The van der Waals surface area contributed by atoms with Gasteiger partial charge in [0.25, 0.3) is 0 Å². The molecule has 0 aliphatic carbocycles. The molecule has 0 N–H and O–H groups in total. The summed E-state index contributed by atoms with van der Waals surface area (Å²) in [5.74, 6) is 0. The molecule has 0 bridgehead atoms. The maximum Gasteiger partial charge on any atom is 2.00 e. The van der Waals surface area contributed by atoms with Crippen molar-refractivity contribution in [3.63, 3.8) is 0 Å². The molecule has 2 aromatic carbocycles. The predicted molar refractivity (Wildman–Crippen MR) is 113 cm³/mol. The summed E-state index contributed by atoms with van der Waals surface area (Å²) in [7, 11) is 0.0869. The van der Waals surface area contributed by atoms with Crippen molar-refractivity contribution < 1.29 is 17.1 Å². The van der Waals surface area contributed by atoms with E-state index in [1.807, 2.05) is 0 Å². The van der Waals surface area contributed by atoms with Gasteiger partial charge in [-0.25, -0.2) is 0 Å². The average molecular weight is 434 g/mol. The fourth-order valence-electron chi connectivity index (χ4n) is 4.27. The molecule has 27 heavy (non-hydrogen) atoms. The fourth-order valence-corrected chi connectivity index (χ4v) is 10.4. The van der Waals surface area contributed by atoms with Crippen LogP contribution < -0.4 is 10.6 Å². The van der Waals surface area contributed by atoms with Crippen molar-refractivity contribution in [2.75, 3.05) is 0 Å². The van der Waals surface area contributed by atoms with E-state index in [1.54, 1.807) is 0 Å². The molecular formula is C24H28FeP2-8. The smallest absolute Gasteiger partial charge is 0.998 e. The summed E-state index contributed by atoms with van der Waals surface area (Å²) < 4.78 is 0. The summed E-state index contributed by atoms with van der Waals surface area (Å²) in [5, 5.41) is 2.58. The SMILES string of the molecule is CC[C@H]1C[C@H](CC)P1[c-]1[c-][c-][c-][c-]1.CC[C@H]1C[C@H](CC)P1[c-]1[c-][c-][c-][c-]1.[Fe+2]. The Morgan fingerprint density at radius 3 is 1.07 bits per heavy atom. The summed E-state index contributed by atoms with van der Waals surface area (Å²) >= 11 is 0. The number of hydrogen-bond acceptors (Lipinski definition) is 0. The van der Waals surface area contributed by atoms with Gasteiger partial charge in [-0.05, 0) is 35.5 Å². The molecule has 3 heteroatoms. The maximum atomic E-state index is 3.16. The van der Waals surface area contributed by atoms with Crippen molar-refractivity contribution in [2.24, 2.45) is 0 Å². The van der Waals surface area contributed by atoms with Crippen LogP contribution in [0, 0.1) is 48.5 Å². The van der Waals surface area contributed by atoms with Gasteiger partial charge in [-0.2, -0.15) is 0 Å². The molecule has 0 amide bonds. The molecule has 2 aromatic rings. The minimum Gasteiger partial charge on any atom is -0.998 e. The van der Waals surface area contributed by atoms with Crippen LogP contribution >= 0.6 is 15.8 Å². The molecule has 0 radical (unpaired) electrons. The zero-order chi connectivity index (χ0) is 18.5. The van der Waals surface area contributed by atoms with Gasteiger partial charge in [0.2, 0.25) is 0 Å². The van der Waals surface area contributed by atoms with Crippen molar-refractivity contribution in [2.45, 2.75) is 88.9 Å². The van der Waals surface area contributed by atoms with Crippen LogP contribution in [0.5, 0.6) is 0 Å². The number of rotatable bonds is 6. The van der Waals surface area contributed by atoms with E-state index >= 15 is 0 Å². The Labute approximate surface area is 180 Å². The fraction of sp³-hybridized carbons (Fsp3) is 0.583. The Bertz CT molecular complexity index is 543. The van der Waals surface area contributed by atoms with E-state index in [9.17, 15) is 0 Å². The van der Waals surface area contributed by atoms with Crippen LogP contribution in [0.2, 0.25) is 0 Å². The number of hydrogen-bond donors (Lipinski definition) is 0. The molecule has 4 atom stereocenters. The summed E-state index contributed by atoms with van der Waals surface area (Å²) in [5.41, 5.74) is 3.71. The third kappa shape index (κ3) is 5.17. The van der Waals surface area contributed by atoms with Gasteiger partial charge in [0.15, 0.2) is 0 Å². The minimum absolute atomic E-state index is 0. The molecule has 150 valence electrons. The van der Waals surface area contributed by atoms with Gasteiger partial charge >= 0.3 is 17.1 Å². The van der Waals surface area contributed by atoms with E-state index in [0.29, 0.717) is 0 Å². The predicted octanol–water partition coefficient (Wildman–Crippen LogP) is 5.35. The Hall–Kier alpha value is 0.0795. The third-order valence-corrected chi connectivity index (χ3v) is 12.8. The second-order valence-corrected chi connectivity index (χ2v) is 12.7. The van der Waals surface area contributed by atoms with Gasteiger partial charge in [-0.1, -0.05) is 53.4 Å². The van der Waals surface area contributed by atoms with Gasteiger partial charge in [0.1, 0.15) is 0 Å². The molecule has 0 aromatic heterocycles. The third-order valence-electron chi connectivity index (χ3n) is 5.91. The Balaban J connectivity index is 0.000000187. The quantitative estimate of drug-likeness (QED) is 0.327. The summed E-state index contributed by atoms with van der Waals surface area (Å²) in [4.78, 5) is 0. The van der Waals surface area contributed by atoms with Crippen LogP contribution in [0.3, 0.4) is 0 Å². The van der Waals surface area contributed by atoms with E-state index in [-0.39, 0.29) is 32.9 Å². The first-order chi connectivity index (χ1) is 12.7. The molecule has 2 heterocycles. The van der Waals surface area contributed by atoms with E-state index in [2.05, 4.69) is 76.2 Å². The Morgan fingerprint density at radius 1 is 0.593 bits per heavy atom. The standard InChI is InChI=1S/2C12H14P.Fe/c2*1-3-10-9-11(4-2)13(10)12-7-5-6-8-12;/h2*10-11H,3-4,9H2,1-2H3;/q2*-5;+2/t2*10-,11-;/m00./s1. The summed E-state index contributed by atoms with van der Waals surface area (Å²) in [6.07, 6.45) is 8.10. The van der Waals surface area contributed by atoms with Crippen LogP contribution in [-0.4, -0.2) is 22.6 Å². The van der Waals surface area contributed by atoms with E-state index in [0.717, 1.165) is 22.6 Å². The molecule has 2 aliphatic heterocycles. The maximum absolute atomic E-state index is 3.16.